The molecule has 4 nitrogen and oxygen atoms in total. The van der Waals surface area contributed by atoms with Crippen molar-refractivity contribution in [1.82, 2.24) is 0 Å². The molecule has 0 fully saturated rings. The van der Waals surface area contributed by atoms with Crippen molar-refractivity contribution in [3.05, 3.63) is 59.7 Å². The van der Waals surface area contributed by atoms with Crippen molar-refractivity contribution in [2.75, 3.05) is 18.0 Å². The van der Waals surface area contributed by atoms with Crippen LogP contribution in [0.5, 0.6) is 5.75 Å². The van der Waals surface area contributed by atoms with Crippen molar-refractivity contribution in [3.63, 3.8) is 0 Å². The van der Waals surface area contributed by atoms with Gasteiger partial charge in [0.25, 0.3) is 11.6 Å². The number of aliphatic hydroxyl groups is 1. The number of anilines is 1. The Bertz CT molecular complexity index is 873. The number of hydrogen-bond donors (Lipinski definition) is 1. The Morgan fingerprint density at radius 3 is 2.57 bits per heavy atom. The van der Waals surface area contributed by atoms with Crippen molar-refractivity contribution < 1.29 is 40.2 Å². The summed E-state index contributed by atoms with van der Waals surface area (Å²) in [6.45, 7) is 0.366. The average Bonchev–Trinajstić information content (AvgIpc) is 2.96. The first-order chi connectivity index (χ1) is 13.0. The van der Waals surface area contributed by atoms with Gasteiger partial charge < -0.3 is 26.8 Å². The number of rotatable bonds is 4. The molecule has 0 spiro atoms. The van der Waals surface area contributed by atoms with E-state index < -0.39 is 12.3 Å². The second kappa shape index (κ2) is 8.17. The van der Waals surface area contributed by atoms with Crippen LogP contribution >= 0.6 is 0 Å². The highest BCUT2D eigenvalue weighted by molar-refractivity contribution is 5.96. The van der Waals surface area contributed by atoms with Gasteiger partial charge in [0.1, 0.15) is 11.4 Å². The molecule has 2 aromatic carbocycles. The van der Waals surface area contributed by atoms with Crippen LogP contribution in [0.3, 0.4) is 0 Å². The van der Waals surface area contributed by atoms with Crippen LogP contribution in [0, 0.1) is 6.92 Å². The molecule has 2 aliphatic heterocycles. The molecule has 0 saturated carbocycles. The molecule has 0 radical (unpaired) electrons. The van der Waals surface area contributed by atoms with E-state index in [2.05, 4.69) is 39.3 Å². The third kappa shape index (κ3) is 3.78. The molecule has 0 aliphatic carbocycles. The van der Waals surface area contributed by atoms with Gasteiger partial charge in [0.2, 0.25) is 0 Å². The maximum absolute atomic E-state index is 12.4. The first-order valence-corrected chi connectivity index (χ1v) is 9.23. The second-order valence-electron chi connectivity index (χ2n) is 7.17. The van der Waals surface area contributed by atoms with Crippen LogP contribution in [0.4, 0.5) is 14.5 Å². The molecule has 0 aromatic heterocycles. The number of ether oxygens (including phenoxy) is 1. The lowest BCUT2D eigenvalue weighted by Gasteiger charge is -2.24. The lowest BCUT2D eigenvalue weighted by atomic mass is 10.0. The van der Waals surface area contributed by atoms with Crippen molar-refractivity contribution in [1.29, 1.82) is 0 Å². The van der Waals surface area contributed by atoms with E-state index in [4.69, 9.17) is 0 Å². The van der Waals surface area contributed by atoms with Crippen LogP contribution in [-0.4, -0.2) is 35.2 Å². The van der Waals surface area contributed by atoms with Gasteiger partial charge in [0.05, 0.1) is 6.54 Å². The summed E-state index contributed by atoms with van der Waals surface area (Å²) in [6, 6.07) is 14.6. The minimum atomic E-state index is -2.86. The highest BCUT2D eigenvalue weighted by Crippen LogP contribution is 2.36. The first kappa shape index (κ1) is 20.7. The van der Waals surface area contributed by atoms with E-state index in [9.17, 15) is 13.9 Å². The summed E-state index contributed by atoms with van der Waals surface area (Å²) in [4.78, 5) is 2.18. The van der Waals surface area contributed by atoms with Gasteiger partial charge in [-0.1, -0.05) is 12.1 Å². The van der Waals surface area contributed by atoms with Crippen molar-refractivity contribution in [3.8, 4) is 5.75 Å². The van der Waals surface area contributed by atoms with E-state index in [1.807, 2.05) is 6.07 Å². The van der Waals surface area contributed by atoms with Gasteiger partial charge in [-0.05, 0) is 61.7 Å². The molecule has 0 bridgehead atoms. The summed E-state index contributed by atoms with van der Waals surface area (Å²) in [7, 11) is 0. The fraction of sp³-hybridized carbons (Fsp3) is 0.381. The van der Waals surface area contributed by atoms with Crippen LogP contribution in [0.1, 0.15) is 30.4 Å². The highest BCUT2D eigenvalue weighted by atomic mass is 79.9. The number of aryl methyl sites for hydroxylation is 1. The Labute approximate surface area is 173 Å². The Morgan fingerprint density at radius 1 is 1.14 bits per heavy atom. The zero-order valence-corrected chi connectivity index (χ0v) is 17.2. The van der Waals surface area contributed by atoms with Gasteiger partial charge in [-0.3, -0.25) is 0 Å². The van der Waals surface area contributed by atoms with Crippen LogP contribution in [0.25, 0.3) is 0 Å². The zero-order valence-electron chi connectivity index (χ0n) is 15.6. The number of nitrogens with zero attached hydrogens (tertiary/aromatic N) is 2. The molecular formula is C21H23BrF2N2O2. The quantitative estimate of drug-likeness (QED) is 0.698. The number of benzene rings is 2. The van der Waals surface area contributed by atoms with Crippen LogP contribution in [0.15, 0.2) is 48.5 Å². The molecular weight excluding hydrogens is 430 g/mol. The maximum atomic E-state index is 12.4. The molecule has 7 heteroatoms. The van der Waals surface area contributed by atoms with Gasteiger partial charge in [0.15, 0.2) is 6.54 Å². The fourth-order valence-corrected chi connectivity index (χ4v) is 4.08. The number of hydrogen-bond acceptors (Lipinski definition) is 3. The largest absolute Gasteiger partial charge is 1.00 e. The summed E-state index contributed by atoms with van der Waals surface area (Å²) >= 11 is 0. The summed E-state index contributed by atoms with van der Waals surface area (Å²) < 4.78 is 31.3. The number of halogens is 3. The van der Waals surface area contributed by atoms with Crippen molar-refractivity contribution >= 4 is 11.5 Å². The smallest absolute Gasteiger partial charge is 0.387 e. The molecule has 0 amide bonds. The third-order valence-corrected chi connectivity index (χ3v) is 5.34. The maximum Gasteiger partial charge on any atom is 0.387 e. The summed E-state index contributed by atoms with van der Waals surface area (Å²) in [5, 5.41) is 11.6. The highest BCUT2D eigenvalue weighted by Gasteiger charge is 2.52. The normalized spacial score (nSPS) is 21.5. The standard InChI is InChI=1S/C21H23F2N2O2.BrH/c1-15-5-4-6-17(13-15)24-14-21(26,25-12-3-2-7-19(24)25)16-8-10-18(11-9-16)27-20(22)23;/h4-6,8-11,13,20,26H,2-3,7,12,14H2,1H3;1H/q+1;/p-1. The Morgan fingerprint density at radius 2 is 1.89 bits per heavy atom. The molecule has 0 saturated heterocycles. The summed E-state index contributed by atoms with van der Waals surface area (Å²) in [6.07, 6.45) is 3.01. The van der Waals surface area contributed by atoms with Crippen molar-refractivity contribution in [2.24, 2.45) is 0 Å². The third-order valence-electron chi connectivity index (χ3n) is 5.34. The van der Waals surface area contributed by atoms with E-state index in [1.165, 1.54) is 17.7 Å². The van der Waals surface area contributed by atoms with Crippen LogP contribution in [0.2, 0.25) is 0 Å². The minimum absolute atomic E-state index is 0. The predicted octanol–water partition coefficient (Wildman–Crippen LogP) is 0.861. The lowest BCUT2D eigenvalue weighted by Crippen LogP contribution is -3.00. The van der Waals surface area contributed by atoms with Crippen molar-refractivity contribution in [2.45, 2.75) is 38.5 Å². The Hall–Kier alpha value is -1.99. The van der Waals surface area contributed by atoms with Gasteiger partial charge in [-0.2, -0.15) is 8.78 Å². The molecule has 2 aliphatic rings. The van der Waals surface area contributed by atoms with Crippen LogP contribution in [-0.2, 0) is 5.72 Å². The van der Waals surface area contributed by atoms with E-state index in [0.717, 1.165) is 37.3 Å². The Balaban J connectivity index is 0.00000225. The van der Waals surface area contributed by atoms with E-state index in [1.54, 1.807) is 12.1 Å². The SMILES string of the molecule is Cc1cccc(N2CC(O)(c3ccc(OC(F)F)cc3)[N+]3=C2CCCC3)c1.[Br-]. The molecule has 28 heavy (non-hydrogen) atoms. The van der Waals surface area contributed by atoms with Gasteiger partial charge in [0, 0.05) is 12.0 Å². The molecule has 1 unspecified atom stereocenters. The minimum Gasteiger partial charge on any atom is -1.00 e. The first-order valence-electron chi connectivity index (χ1n) is 9.23. The Kier molecular flexibility index (Phi) is 6.05. The molecule has 2 aromatic rings. The average molecular weight is 453 g/mol. The monoisotopic (exact) mass is 452 g/mol. The fourth-order valence-electron chi connectivity index (χ4n) is 4.08. The molecule has 150 valence electrons. The topological polar surface area (TPSA) is 35.7 Å². The van der Waals surface area contributed by atoms with Gasteiger partial charge in [-0.15, -0.1) is 0 Å². The summed E-state index contributed by atoms with van der Waals surface area (Å²) in [5.41, 5.74) is 1.71. The van der Waals surface area contributed by atoms with Gasteiger partial charge in [-0.25, -0.2) is 9.48 Å². The van der Waals surface area contributed by atoms with E-state index in [-0.39, 0.29) is 22.7 Å². The molecule has 1 atom stereocenters. The molecule has 4 rings (SSSR count). The summed E-state index contributed by atoms with van der Waals surface area (Å²) in [5.74, 6) is 1.20. The second-order valence-corrected chi connectivity index (χ2v) is 7.17. The number of β-amino-alcohol motifs (C(OH)–C–C–N with tert-alkyl or cyclic N) is 1. The molecule has 2 heterocycles. The molecule has 1 N–H and O–H groups in total. The van der Waals surface area contributed by atoms with Gasteiger partial charge >= 0.3 is 6.61 Å². The van der Waals surface area contributed by atoms with E-state index >= 15 is 0 Å². The van der Waals surface area contributed by atoms with E-state index in [0.29, 0.717) is 12.1 Å². The lowest BCUT2D eigenvalue weighted by molar-refractivity contribution is -0.661. The number of amidine groups is 1. The van der Waals surface area contributed by atoms with Crippen LogP contribution < -0.4 is 26.6 Å². The number of alkyl halides is 2. The zero-order chi connectivity index (χ0) is 19.0. The predicted molar refractivity (Wildman–Crippen MR) is 99.5 cm³/mol.